The Balaban J connectivity index is 1.79. The highest BCUT2D eigenvalue weighted by atomic mass is 16.1. The van der Waals surface area contributed by atoms with E-state index >= 15 is 0 Å². The smallest absolute Gasteiger partial charge is 0.279 e. The van der Waals surface area contributed by atoms with Crippen molar-refractivity contribution < 1.29 is 4.79 Å². The number of fused-ring (bicyclic) bond motifs is 1. The number of nitrogens with zero attached hydrogens (tertiary/aromatic N) is 4. The number of hydrogen-bond donors (Lipinski definition) is 2. The molecule has 0 fully saturated rings. The number of nitrogens with one attached hydrogen (secondary N) is 1. The predicted octanol–water partition coefficient (Wildman–Crippen LogP) is 2.88. The van der Waals surface area contributed by atoms with E-state index in [1.807, 2.05) is 54.9 Å². The van der Waals surface area contributed by atoms with Gasteiger partial charge in [-0.1, -0.05) is 6.07 Å². The molecule has 0 aliphatic rings. The Morgan fingerprint density at radius 1 is 1.10 bits per heavy atom. The van der Waals surface area contributed by atoms with Crippen LogP contribution in [-0.2, 0) is 7.05 Å². The van der Waals surface area contributed by atoms with Gasteiger partial charge in [0.25, 0.3) is 5.91 Å². The number of hydrogen-bond acceptors (Lipinski definition) is 4. The van der Waals surface area contributed by atoms with E-state index in [9.17, 15) is 4.79 Å². The summed E-state index contributed by atoms with van der Waals surface area (Å²) in [5, 5.41) is 8.72. The van der Waals surface area contributed by atoms with E-state index in [1.54, 1.807) is 30.9 Å². The summed E-state index contributed by atoms with van der Waals surface area (Å²) in [6, 6.07) is 13.1. The Morgan fingerprint density at radius 3 is 2.55 bits per heavy atom. The number of pyridine rings is 2. The maximum atomic E-state index is 12.9. The number of nitrogens with two attached hydrogens (primary N) is 1. The summed E-state index contributed by atoms with van der Waals surface area (Å²) in [6.45, 7) is 1.81. The lowest BCUT2D eigenvalue weighted by Crippen LogP contribution is -2.25. The van der Waals surface area contributed by atoms with Crippen LogP contribution in [0.15, 0.2) is 72.2 Å². The summed E-state index contributed by atoms with van der Waals surface area (Å²) < 4.78 is 3.16. The van der Waals surface area contributed by atoms with Crippen molar-refractivity contribution in [2.24, 2.45) is 12.0 Å². The first-order chi connectivity index (χ1) is 13.9. The highest BCUT2D eigenvalue weighted by Crippen LogP contribution is 2.27. The molecular weight excluding hydrogens is 364 g/mol. The van der Waals surface area contributed by atoms with E-state index in [0.717, 1.165) is 27.6 Å². The van der Waals surface area contributed by atoms with Gasteiger partial charge >= 0.3 is 0 Å². The molecule has 144 valence electrons. The van der Waals surface area contributed by atoms with Crippen LogP contribution in [-0.4, -0.2) is 25.8 Å². The van der Waals surface area contributed by atoms with Crippen LogP contribution in [0.1, 0.15) is 22.8 Å². The minimum atomic E-state index is -0.295. The van der Waals surface area contributed by atoms with Crippen molar-refractivity contribution in [2.45, 2.75) is 6.92 Å². The highest BCUT2D eigenvalue weighted by Gasteiger charge is 2.15. The molecule has 3 N–H and O–H groups in total. The van der Waals surface area contributed by atoms with Crippen LogP contribution in [0, 0.1) is 5.41 Å². The van der Waals surface area contributed by atoms with E-state index in [-0.39, 0.29) is 11.4 Å². The fourth-order valence-electron chi connectivity index (χ4n) is 3.30. The number of carbonyl (C=O) groups is 1. The Kier molecular flexibility index (Phi) is 4.56. The minimum absolute atomic E-state index is 0.199. The van der Waals surface area contributed by atoms with Gasteiger partial charge in [-0.2, -0.15) is 0 Å². The number of aromatic nitrogens is 3. The van der Waals surface area contributed by atoms with Gasteiger partial charge in [0.15, 0.2) is 0 Å². The molecule has 0 spiro atoms. The van der Waals surface area contributed by atoms with Crippen LogP contribution in [0.3, 0.4) is 0 Å². The zero-order valence-corrected chi connectivity index (χ0v) is 16.1. The molecule has 1 aromatic carbocycles. The van der Waals surface area contributed by atoms with E-state index < -0.39 is 0 Å². The van der Waals surface area contributed by atoms with Gasteiger partial charge in [-0.3, -0.25) is 19.9 Å². The SMILES string of the molecule is C/C(=N\C(=O)c1cn(C)c2ccc(-c3ccn(N)c(=N)c3)cc12)c1ccncc1. The van der Waals surface area contributed by atoms with Crippen LogP contribution in [0.4, 0.5) is 0 Å². The van der Waals surface area contributed by atoms with Crippen LogP contribution in [0.25, 0.3) is 22.0 Å². The number of aliphatic imine (C=N–C) groups is 1. The van der Waals surface area contributed by atoms with Gasteiger partial charge in [0.05, 0.1) is 5.56 Å². The van der Waals surface area contributed by atoms with Crippen molar-refractivity contribution >= 4 is 22.5 Å². The molecule has 1 amide bonds. The van der Waals surface area contributed by atoms with Crippen molar-refractivity contribution in [2.75, 3.05) is 5.84 Å². The van der Waals surface area contributed by atoms with Gasteiger partial charge in [-0.15, -0.1) is 0 Å². The number of nitrogen functional groups attached to an aromatic ring is 1. The minimum Gasteiger partial charge on any atom is -0.350 e. The Hall–Kier alpha value is -4.00. The Bertz CT molecular complexity index is 1310. The maximum Gasteiger partial charge on any atom is 0.279 e. The molecule has 3 heterocycles. The first kappa shape index (κ1) is 18.4. The van der Waals surface area contributed by atoms with Gasteiger partial charge in [-0.05, 0) is 60.0 Å². The Morgan fingerprint density at radius 2 is 1.83 bits per heavy atom. The lowest BCUT2D eigenvalue weighted by atomic mass is 10.0. The van der Waals surface area contributed by atoms with Crippen LogP contribution < -0.4 is 11.3 Å². The summed E-state index contributed by atoms with van der Waals surface area (Å²) in [7, 11) is 1.90. The Labute approximate surface area is 167 Å². The lowest BCUT2D eigenvalue weighted by Gasteiger charge is -2.05. The summed E-state index contributed by atoms with van der Waals surface area (Å²) in [4.78, 5) is 21.2. The average Bonchev–Trinajstić information content (AvgIpc) is 3.07. The topological polar surface area (TPSA) is 102 Å². The molecule has 4 rings (SSSR count). The van der Waals surface area contributed by atoms with Crippen LogP contribution >= 0.6 is 0 Å². The molecule has 0 bridgehead atoms. The van der Waals surface area contributed by atoms with Crippen LogP contribution in [0.2, 0.25) is 0 Å². The molecule has 7 nitrogen and oxygen atoms in total. The summed E-state index contributed by atoms with van der Waals surface area (Å²) >= 11 is 0. The first-order valence-electron chi connectivity index (χ1n) is 9.06. The van der Waals surface area contributed by atoms with Gasteiger partial charge in [0.2, 0.25) is 0 Å². The fraction of sp³-hybridized carbons (Fsp3) is 0.0909. The summed E-state index contributed by atoms with van der Waals surface area (Å²) in [6.07, 6.45) is 6.79. The molecule has 0 aliphatic carbocycles. The number of carbonyl (C=O) groups excluding carboxylic acids is 1. The molecule has 29 heavy (non-hydrogen) atoms. The third-order valence-electron chi connectivity index (χ3n) is 4.91. The zero-order chi connectivity index (χ0) is 20.5. The lowest BCUT2D eigenvalue weighted by molar-refractivity contribution is 0.100. The molecule has 0 radical (unpaired) electrons. The molecule has 0 aliphatic heterocycles. The molecule has 0 saturated carbocycles. The van der Waals surface area contributed by atoms with E-state index in [1.165, 1.54) is 4.68 Å². The van der Waals surface area contributed by atoms with Crippen molar-refractivity contribution in [1.82, 2.24) is 14.2 Å². The molecular formula is C22H20N6O. The molecule has 4 aromatic rings. The second-order valence-electron chi connectivity index (χ2n) is 6.83. The quantitative estimate of drug-likeness (QED) is 0.419. The second-order valence-corrected chi connectivity index (χ2v) is 6.83. The first-order valence-corrected chi connectivity index (χ1v) is 9.06. The predicted molar refractivity (Wildman–Crippen MR) is 113 cm³/mol. The molecule has 7 heteroatoms. The number of rotatable bonds is 3. The third kappa shape index (κ3) is 3.45. The maximum absolute atomic E-state index is 12.9. The van der Waals surface area contributed by atoms with E-state index in [0.29, 0.717) is 11.3 Å². The van der Waals surface area contributed by atoms with Gasteiger partial charge in [0.1, 0.15) is 5.49 Å². The summed E-state index contributed by atoms with van der Waals surface area (Å²) in [5.41, 5.74) is 4.93. The molecule has 0 saturated heterocycles. The van der Waals surface area contributed by atoms with E-state index in [4.69, 9.17) is 11.3 Å². The third-order valence-corrected chi connectivity index (χ3v) is 4.91. The number of benzene rings is 1. The molecule has 0 unspecified atom stereocenters. The average molecular weight is 384 g/mol. The highest BCUT2D eigenvalue weighted by molar-refractivity contribution is 6.14. The number of amides is 1. The summed E-state index contributed by atoms with van der Waals surface area (Å²) in [5.74, 6) is 5.39. The molecule has 0 atom stereocenters. The van der Waals surface area contributed by atoms with Gasteiger partial charge in [0, 0.05) is 48.4 Å². The van der Waals surface area contributed by atoms with Crippen molar-refractivity contribution in [3.8, 4) is 11.1 Å². The normalized spacial score (nSPS) is 11.7. The van der Waals surface area contributed by atoms with Crippen molar-refractivity contribution in [3.05, 3.63) is 83.9 Å². The molecule has 3 aromatic heterocycles. The van der Waals surface area contributed by atoms with Gasteiger partial charge in [-0.25, -0.2) is 4.99 Å². The fourth-order valence-corrected chi connectivity index (χ4v) is 3.30. The van der Waals surface area contributed by atoms with E-state index in [2.05, 4.69) is 9.98 Å². The largest absolute Gasteiger partial charge is 0.350 e. The van der Waals surface area contributed by atoms with Crippen molar-refractivity contribution in [3.63, 3.8) is 0 Å². The van der Waals surface area contributed by atoms with Crippen molar-refractivity contribution in [1.29, 1.82) is 5.41 Å². The number of aryl methyl sites for hydroxylation is 1. The van der Waals surface area contributed by atoms with Gasteiger partial charge < -0.3 is 10.4 Å². The zero-order valence-electron chi connectivity index (χ0n) is 16.1. The standard InChI is InChI=1S/C22H20N6O/c1-14(15-5-8-25-9-6-15)26-22(29)19-13-27(2)20-4-3-16(11-18(19)20)17-7-10-28(24)21(23)12-17/h3-13,23H,24H2,1-2H3/b23-21?,26-14+. The monoisotopic (exact) mass is 384 g/mol. The second kappa shape index (κ2) is 7.20. The van der Waals surface area contributed by atoms with Crippen LogP contribution in [0.5, 0.6) is 0 Å².